The number of rotatable bonds is 9. The van der Waals surface area contributed by atoms with Gasteiger partial charge in [-0.15, -0.1) is 0 Å². The van der Waals surface area contributed by atoms with Gasteiger partial charge in [0.15, 0.2) is 0 Å². The van der Waals surface area contributed by atoms with Gasteiger partial charge >= 0.3 is 6.18 Å². The summed E-state index contributed by atoms with van der Waals surface area (Å²) in [6.45, 7) is 3.24. The fourth-order valence-corrected chi connectivity index (χ4v) is 3.10. The third-order valence-corrected chi connectivity index (χ3v) is 4.74. The fraction of sp³-hybridized carbons (Fsp3) is 0.280. The first kappa shape index (κ1) is 21.8. The topological polar surface area (TPSA) is 18.5 Å². The molecule has 5 heteroatoms. The second kappa shape index (κ2) is 10.2. The van der Waals surface area contributed by atoms with E-state index in [1.54, 1.807) is 30.3 Å². The van der Waals surface area contributed by atoms with Crippen LogP contribution >= 0.6 is 0 Å². The Balaban J connectivity index is 1.58. The molecule has 3 rings (SSSR count). The number of halogens is 3. The van der Waals surface area contributed by atoms with E-state index in [2.05, 4.69) is 6.92 Å². The van der Waals surface area contributed by atoms with Crippen LogP contribution in [0.2, 0.25) is 0 Å². The molecule has 3 aromatic rings. The van der Waals surface area contributed by atoms with E-state index in [1.165, 1.54) is 12.1 Å². The van der Waals surface area contributed by atoms with Gasteiger partial charge in [0.1, 0.15) is 18.1 Å². The monoisotopic (exact) mass is 414 g/mol. The van der Waals surface area contributed by atoms with Crippen LogP contribution in [-0.2, 0) is 12.8 Å². The molecular formula is C25H25F3O2. The normalized spacial score (nSPS) is 11.3. The molecule has 0 amide bonds. The molecule has 30 heavy (non-hydrogen) atoms. The van der Waals surface area contributed by atoms with Crippen LogP contribution in [0.25, 0.3) is 11.1 Å². The highest BCUT2D eigenvalue weighted by molar-refractivity contribution is 5.68. The van der Waals surface area contributed by atoms with Gasteiger partial charge in [0.2, 0.25) is 0 Å². The molecule has 0 heterocycles. The highest BCUT2D eigenvalue weighted by Crippen LogP contribution is 2.37. The Hall–Kier alpha value is -2.95. The van der Waals surface area contributed by atoms with Crippen molar-refractivity contribution in [3.8, 4) is 22.6 Å². The van der Waals surface area contributed by atoms with Crippen LogP contribution in [0.5, 0.6) is 11.5 Å². The minimum Gasteiger partial charge on any atom is -0.494 e. The molecule has 0 aliphatic carbocycles. The van der Waals surface area contributed by atoms with Crippen molar-refractivity contribution in [2.45, 2.75) is 39.0 Å². The Bertz CT molecular complexity index is 916. The predicted molar refractivity (Wildman–Crippen MR) is 113 cm³/mol. The number of alkyl halides is 3. The Morgan fingerprint density at radius 3 is 2.03 bits per heavy atom. The number of benzene rings is 3. The van der Waals surface area contributed by atoms with Gasteiger partial charge in [-0.05, 0) is 53.4 Å². The summed E-state index contributed by atoms with van der Waals surface area (Å²) in [6, 6.07) is 20.0. The van der Waals surface area contributed by atoms with Crippen molar-refractivity contribution < 1.29 is 22.6 Å². The first-order valence-corrected chi connectivity index (χ1v) is 10.1. The summed E-state index contributed by atoms with van der Waals surface area (Å²) in [4.78, 5) is 0. The van der Waals surface area contributed by atoms with Crippen molar-refractivity contribution in [2.24, 2.45) is 0 Å². The Kier molecular flexibility index (Phi) is 7.39. The second-order valence-electron chi connectivity index (χ2n) is 7.06. The van der Waals surface area contributed by atoms with E-state index < -0.39 is 11.7 Å². The maximum Gasteiger partial charge on any atom is 0.417 e. The molecule has 3 aromatic carbocycles. The van der Waals surface area contributed by atoms with E-state index in [-0.39, 0.29) is 5.56 Å². The molecule has 0 aromatic heterocycles. The predicted octanol–water partition coefficient (Wildman–Crippen LogP) is 7.52. The largest absolute Gasteiger partial charge is 0.494 e. The zero-order chi connectivity index (χ0) is 21.4. The average molecular weight is 414 g/mol. The summed E-state index contributed by atoms with van der Waals surface area (Å²) in [5.41, 5.74) is 1.00. The molecule has 0 atom stereocenters. The summed E-state index contributed by atoms with van der Waals surface area (Å²) in [5, 5.41) is 0. The summed E-state index contributed by atoms with van der Waals surface area (Å²) in [5.74, 6) is 1.44. The molecule has 0 aliphatic heterocycles. The smallest absolute Gasteiger partial charge is 0.417 e. The summed E-state index contributed by atoms with van der Waals surface area (Å²) in [6.07, 6.45) is -1.02. The lowest BCUT2D eigenvalue weighted by Crippen LogP contribution is -2.06. The molecule has 0 spiro atoms. The van der Waals surface area contributed by atoms with Gasteiger partial charge < -0.3 is 9.47 Å². The van der Waals surface area contributed by atoms with E-state index in [0.717, 1.165) is 36.6 Å². The van der Waals surface area contributed by atoms with E-state index in [9.17, 15) is 13.2 Å². The molecule has 158 valence electrons. The van der Waals surface area contributed by atoms with Gasteiger partial charge in [-0.3, -0.25) is 0 Å². The van der Waals surface area contributed by atoms with Gasteiger partial charge in [0.25, 0.3) is 0 Å². The van der Waals surface area contributed by atoms with E-state index in [4.69, 9.17) is 9.47 Å². The van der Waals surface area contributed by atoms with Crippen LogP contribution in [0, 0.1) is 0 Å². The maximum atomic E-state index is 13.2. The van der Waals surface area contributed by atoms with Crippen LogP contribution in [-0.4, -0.2) is 6.61 Å². The molecule has 0 saturated heterocycles. The number of hydrogen-bond acceptors (Lipinski definition) is 2. The van der Waals surface area contributed by atoms with Crippen molar-refractivity contribution in [1.29, 1.82) is 0 Å². The van der Waals surface area contributed by atoms with Gasteiger partial charge in [-0.25, -0.2) is 0 Å². The lowest BCUT2D eigenvalue weighted by Gasteiger charge is -2.13. The SMILES string of the molecule is CCCCCOc1ccc(COc2ccc(-c3ccccc3C(F)(F)F)cc2)cc1. The molecular weight excluding hydrogens is 389 g/mol. The summed E-state index contributed by atoms with van der Waals surface area (Å²) < 4.78 is 51.1. The second-order valence-corrected chi connectivity index (χ2v) is 7.06. The molecule has 0 unspecified atom stereocenters. The molecule has 0 aliphatic rings. The molecule has 0 radical (unpaired) electrons. The Morgan fingerprint density at radius 2 is 1.37 bits per heavy atom. The van der Waals surface area contributed by atoms with E-state index >= 15 is 0 Å². The van der Waals surface area contributed by atoms with Crippen LogP contribution in [0.4, 0.5) is 13.2 Å². The molecule has 0 fully saturated rings. The van der Waals surface area contributed by atoms with Crippen molar-refractivity contribution in [1.82, 2.24) is 0 Å². The number of unbranched alkanes of at least 4 members (excludes halogenated alkanes) is 2. The molecule has 2 nitrogen and oxygen atoms in total. The van der Waals surface area contributed by atoms with Crippen LogP contribution in [0.3, 0.4) is 0 Å². The molecule has 0 bridgehead atoms. The standard InChI is InChI=1S/C25H25F3O2/c1-2-3-6-17-29-21-13-9-19(10-14-21)18-30-22-15-11-20(12-16-22)23-7-4-5-8-24(23)25(26,27)28/h4-5,7-16H,2-3,6,17-18H2,1H3. The summed E-state index contributed by atoms with van der Waals surface area (Å²) >= 11 is 0. The van der Waals surface area contributed by atoms with Crippen molar-refractivity contribution in [3.05, 3.63) is 83.9 Å². The van der Waals surface area contributed by atoms with Crippen LogP contribution < -0.4 is 9.47 Å². The fourth-order valence-electron chi connectivity index (χ4n) is 3.10. The highest BCUT2D eigenvalue weighted by Gasteiger charge is 2.33. The van der Waals surface area contributed by atoms with Gasteiger partial charge in [-0.2, -0.15) is 13.2 Å². The van der Waals surface area contributed by atoms with Crippen molar-refractivity contribution in [3.63, 3.8) is 0 Å². The Labute approximate surface area is 175 Å². The summed E-state index contributed by atoms with van der Waals surface area (Å²) in [7, 11) is 0. The molecule has 0 saturated carbocycles. The van der Waals surface area contributed by atoms with Crippen molar-refractivity contribution >= 4 is 0 Å². The lowest BCUT2D eigenvalue weighted by molar-refractivity contribution is -0.137. The van der Waals surface area contributed by atoms with Gasteiger partial charge in [0, 0.05) is 0 Å². The zero-order valence-corrected chi connectivity index (χ0v) is 16.9. The van der Waals surface area contributed by atoms with E-state index in [1.807, 2.05) is 24.3 Å². The van der Waals surface area contributed by atoms with Crippen molar-refractivity contribution in [2.75, 3.05) is 6.61 Å². The highest BCUT2D eigenvalue weighted by atomic mass is 19.4. The molecule has 0 N–H and O–H groups in total. The van der Waals surface area contributed by atoms with Gasteiger partial charge in [0.05, 0.1) is 12.2 Å². The van der Waals surface area contributed by atoms with Crippen LogP contribution in [0.15, 0.2) is 72.8 Å². The quantitative estimate of drug-likeness (QED) is 0.337. The minimum atomic E-state index is -4.39. The van der Waals surface area contributed by atoms with E-state index in [0.29, 0.717) is 24.5 Å². The van der Waals surface area contributed by atoms with Crippen LogP contribution in [0.1, 0.15) is 37.3 Å². The number of ether oxygens (including phenoxy) is 2. The maximum absolute atomic E-state index is 13.2. The third kappa shape index (κ3) is 6.02. The number of hydrogen-bond donors (Lipinski definition) is 0. The van der Waals surface area contributed by atoms with Gasteiger partial charge in [-0.1, -0.05) is 62.2 Å². The first-order chi connectivity index (χ1) is 14.5. The minimum absolute atomic E-state index is 0.158. The third-order valence-electron chi connectivity index (χ3n) is 4.74. The Morgan fingerprint density at radius 1 is 0.733 bits per heavy atom. The lowest BCUT2D eigenvalue weighted by atomic mass is 9.99. The first-order valence-electron chi connectivity index (χ1n) is 10.1. The zero-order valence-electron chi connectivity index (χ0n) is 16.9. The average Bonchev–Trinajstić information content (AvgIpc) is 2.76.